The zero-order valence-electron chi connectivity index (χ0n) is 17.1. The number of benzene rings is 3. The Labute approximate surface area is 185 Å². The first kappa shape index (κ1) is 20.6. The number of aryl methyl sites for hydroxylation is 1. The molecule has 0 fully saturated rings. The van der Waals surface area contributed by atoms with Gasteiger partial charge < -0.3 is 5.32 Å². The third kappa shape index (κ3) is 4.40. The summed E-state index contributed by atoms with van der Waals surface area (Å²) in [6.45, 7) is 6.19. The normalized spacial score (nSPS) is 12.3. The van der Waals surface area contributed by atoms with E-state index in [9.17, 15) is 4.79 Å². The SMILES string of the molecule is Cc1ccc2nc(-c3ccc(NC(=O)[C@@H](c4ccc(Cl)cc4)C(C)C)cc3)sc2c1. The van der Waals surface area contributed by atoms with Gasteiger partial charge in [0, 0.05) is 16.3 Å². The van der Waals surface area contributed by atoms with E-state index >= 15 is 0 Å². The molecule has 30 heavy (non-hydrogen) atoms. The van der Waals surface area contributed by atoms with Gasteiger partial charge in [0.25, 0.3) is 0 Å². The Kier molecular flexibility index (Phi) is 5.89. The van der Waals surface area contributed by atoms with Crippen LogP contribution in [0.1, 0.15) is 30.9 Å². The van der Waals surface area contributed by atoms with E-state index in [0.29, 0.717) is 5.02 Å². The van der Waals surface area contributed by atoms with Gasteiger partial charge >= 0.3 is 0 Å². The summed E-state index contributed by atoms with van der Waals surface area (Å²) in [5.74, 6) is -0.0957. The fourth-order valence-corrected chi connectivity index (χ4v) is 4.78. The number of aromatic nitrogens is 1. The van der Waals surface area contributed by atoms with Gasteiger partial charge in [0.05, 0.1) is 16.1 Å². The predicted molar refractivity (Wildman–Crippen MR) is 127 cm³/mol. The van der Waals surface area contributed by atoms with E-state index in [1.807, 2.05) is 48.5 Å². The summed E-state index contributed by atoms with van der Waals surface area (Å²) in [6.07, 6.45) is 0. The van der Waals surface area contributed by atoms with Gasteiger partial charge in [-0.15, -0.1) is 11.3 Å². The second-order valence-electron chi connectivity index (χ2n) is 7.83. The summed E-state index contributed by atoms with van der Waals surface area (Å²) in [7, 11) is 0. The van der Waals surface area contributed by atoms with Crippen LogP contribution in [0.3, 0.4) is 0 Å². The summed E-state index contributed by atoms with van der Waals surface area (Å²) in [5.41, 5.74) is 5.04. The number of nitrogens with zero attached hydrogens (tertiary/aromatic N) is 1. The molecule has 1 amide bonds. The van der Waals surface area contributed by atoms with Gasteiger partial charge in [0.2, 0.25) is 5.91 Å². The Balaban J connectivity index is 1.53. The van der Waals surface area contributed by atoms with Crippen molar-refractivity contribution >= 4 is 44.7 Å². The van der Waals surface area contributed by atoms with Gasteiger partial charge in [0.15, 0.2) is 0 Å². The van der Waals surface area contributed by atoms with Crippen LogP contribution in [-0.2, 0) is 4.79 Å². The second kappa shape index (κ2) is 8.58. The van der Waals surface area contributed by atoms with Gasteiger partial charge in [-0.3, -0.25) is 4.79 Å². The third-order valence-corrected chi connectivity index (χ3v) is 6.44. The van der Waals surface area contributed by atoms with Crippen molar-refractivity contribution in [1.82, 2.24) is 4.98 Å². The number of amides is 1. The number of halogens is 1. The topological polar surface area (TPSA) is 42.0 Å². The number of fused-ring (bicyclic) bond motifs is 1. The maximum absolute atomic E-state index is 13.0. The molecule has 5 heteroatoms. The molecule has 0 bridgehead atoms. The summed E-state index contributed by atoms with van der Waals surface area (Å²) >= 11 is 7.68. The highest BCUT2D eigenvalue weighted by Gasteiger charge is 2.24. The maximum atomic E-state index is 13.0. The molecule has 0 aliphatic carbocycles. The molecule has 4 aromatic rings. The van der Waals surface area contributed by atoms with E-state index in [0.717, 1.165) is 27.3 Å². The minimum atomic E-state index is -0.241. The molecule has 1 N–H and O–H groups in total. The predicted octanol–water partition coefficient (Wildman–Crippen LogP) is 7.30. The van der Waals surface area contributed by atoms with Crippen LogP contribution >= 0.6 is 22.9 Å². The molecule has 0 saturated heterocycles. The first-order valence-corrected chi connectivity index (χ1v) is 11.1. The van der Waals surface area contributed by atoms with Crippen molar-refractivity contribution in [3.8, 4) is 10.6 Å². The molecule has 0 radical (unpaired) electrons. The number of rotatable bonds is 5. The number of nitrogens with one attached hydrogen (secondary N) is 1. The molecule has 4 rings (SSSR count). The minimum Gasteiger partial charge on any atom is -0.326 e. The molecule has 3 nitrogen and oxygen atoms in total. The van der Waals surface area contributed by atoms with Crippen LogP contribution < -0.4 is 5.32 Å². The zero-order chi connectivity index (χ0) is 21.3. The quantitative estimate of drug-likeness (QED) is 0.358. The van der Waals surface area contributed by atoms with Crippen molar-refractivity contribution in [2.45, 2.75) is 26.7 Å². The van der Waals surface area contributed by atoms with E-state index in [4.69, 9.17) is 16.6 Å². The highest BCUT2D eigenvalue weighted by molar-refractivity contribution is 7.21. The summed E-state index contributed by atoms with van der Waals surface area (Å²) in [6, 6.07) is 21.7. The fourth-order valence-electron chi connectivity index (χ4n) is 3.58. The first-order chi connectivity index (χ1) is 14.4. The molecule has 0 aliphatic heterocycles. The van der Waals surface area contributed by atoms with Gasteiger partial charge in [-0.2, -0.15) is 0 Å². The van der Waals surface area contributed by atoms with Crippen LogP contribution in [0.4, 0.5) is 5.69 Å². The Hall–Kier alpha value is -2.69. The molecule has 0 aliphatic rings. The Morgan fingerprint density at radius 3 is 2.37 bits per heavy atom. The highest BCUT2D eigenvalue weighted by atomic mass is 35.5. The number of carbonyl (C=O) groups excluding carboxylic acids is 1. The van der Waals surface area contributed by atoms with Crippen molar-refractivity contribution < 1.29 is 4.79 Å². The number of hydrogen-bond donors (Lipinski definition) is 1. The molecule has 3 aromatic carbocycles. The standard InChI is InChI=1S/C25H23ClN2OS/c1-15(2)23(17-5-9-19(26)10-6-17)24(29)27-20-11-7-18(8-12-20)25-28-21-13-4-16(3)14-22(21)30-25/h4-15,23H,1-3H3,(H,27,29)/t23-/m1/s1. The molecule has 152 valence electrons. The number of thiazole rings is 1. The molecule has 0 unspecified atom stereocenters. The molecular formula is C25H23ClN2OS. The lowest BCUT2D eigenvalue weighted by molar-refractivity contribution is -0.118. The van der Waals surface area contributed by atoms with Crippen LogP contribution in [0.2, 0.25) is 5.02 Å². The number of hydrogen-bond acceptors (Lipinski definition) is 3. The average molecular weight is 435 g/mol. The lowest BCUT2D eigenvalue weighted by Gasteiger charge is -2.21. The van der Waals surface area contributed by atoms with Gasteiger partial charge in [-0.1, -0.05) is 43.6 Å². The smallest absolute Gasteiger partial charge is 0.232 e. The molecule has 1 heterocycles. The van der Waals surface area contributed by atoms with Crippen molar-refractivity contribution in [1.29, 1.82) is 0 Å². The van der Waals surface area contributed by atoms with Crippen molar-refractivity contribution in [2.75, 3.05) is 5.32 Å². The minimum absolute atomic E-state index is 0.0180. The third-order valence-electron chi connectivity index (χ3n) is 5.12. The van der Waals surface area contributed by atoms with Crippen LogP contribution in [0, 0.1) is 12.8 Å². The van der Waals surface area contributed by atoms with E-state index in [1.54, 1.807) is 11.3 Å². The Morgan fingerprint density at radius 2 is 1.70 bits per heavy atom. The second-order valence-corrected chi connectivity index (χ2v) is 9.30. The van der Waals surface area contributed by atoms with Crippen LogP contribution in [0.5, 0.6) is 0 Å². The van der Waals surface area contributed by atoms with E-state index in [1.165, 1.54) is 10.3 Å². The van der Waals surface area contributed by atoms with E-state index in [-0.39, 0.29) is 17.7 Å². The van der Waals surface area contributed by atoms with Crippen LogP contribution in [0.15, 0.2) is 66.7 Å². The highest BCUT2D eigenvalue weighted by Crippen LogP contribution is 2.32. The van der Waals surface area contributed by atoms with Gasteiger partial charge in [-0.05, 0) is 72.5 Å². The molecule has 1 atom stereocenters. The summed E-state index contributed by atoms with van der Waals surface area (Å²) in [5, 5.41) is 4.71. The number of anilines is 1. The molecule has 0 saturated carbocycles. The molecule has 0 spiro atoms. The summed E-state index contributed by atoms with van der Waals surface area (Å²) in [4.78, 5) is 17.7. The monoisotopic (exact) mass is 434 g/mol. The Bertz CT molecular complexity index is 1180. The maximum Gasteiger partial charge on any atom is 0.232 e. The molecular weight excluding hydrogens is 412 g/mol. The molecule has 1 aromatic heterocycles. The zero-order valence-corrected chi connectivity index (χ0v) is 18.7. The van der Waals surface area contributed by atoms with E-state index in [2.05, 4.69) is 44.3 Å². The van der Waals surface area contributed by atoms with Gasteiger partial charge in [-0.25, -0.2) is 4.98 Å². The number of carbonyl (C=O) groups is 1. The largest absolute Gasteiger partial charge is 0.326 e. The summed E-state index contributed by atoms with van der Waals surface area (Å²) < 4.78 is 1.19. The van der Waals surface area contributed by atoms with E-state index < -0.39 is 0 Å². The lowest BCUT2D eigenvalue weighted by Crippen LogP contribution is -2.25. The van der Waals surface area contributed by atoms with Crippen molar-refractivity contribution in [2.24, 2.45) is 5.92 Å². The van der Waals surface area contributed by atoms with Crippen molar-refractivity contribution in [3.63, 3.8) is 0 Å². The fraction of sp³-hybridized carbons (Fsp3) is 0.200. The Morgan fingerprint density at radius 1 is 1.00 bits per heavy atom. The first-order valence-electron chi connectivity index (χ1n) is 9.94. The lowest BCUT2D eigenvalue weighted by atomic mass is 9.87. The van der Waals surface area contributed by atoms with Crippen LogP contribution in [0.25, 0.3) is 20.8 Å². The average Bonchev–Trinajstić information content (AvgIpc) is 3.13. The van der Waals surface area contributed by atoms with Crippen molar-refractivity contribution in [3.05, 3.63) is 82.9 Å². The van der Waals surface area contributed by atoms with Gasteiger partial charge in [0.1, 0.15) is 5.01 Å². The van der Waals surface area contributed by atoms with Crippen LogP contribution in [-0.4, -0.2) is 10.9 Å².